The van der Waals surface area contributed by atoms with Crippen molar-refractivity contribution in [3.05, 3.63) is 0 Å². The lowest BCUT2D eigenvalue weighted by atomic mass is 9.81. The zero-order valence-corrected chi connectivity index (χ0v) is 12.7. The molecular weight excluding hydrogens is 208 g/mol. The summed E-state index contributed by atoms with van der Waals surface area (Å²) in [5.41, 5.74) is 0.713. The second-order valence-electron chi connectivity index (χ2n) is 8.10. The minimum Gasteiger partial charge on any atom is -0.319 e. The van der Waals surface area contributed by atoms with E-state index in [0.29, 0.717) is 11.0 Å². The summed E-state index contributed by atoms with van der Waals surface area (Å²) in [6.07, 6.45) is 0. The maximum atomic E-state index is 3.37. The zero-order chi connectivity index (χ0) is 13.0. The molecule has 0 aromatic heterocycles. The molecule has 0 amide bonds. The van der Waals surface area contributed by atoms with Crippen LogP contribution < -0.4 is 5.32 Å². The van der Waals surface area contributed by atoms with Gasteiger partial charge in [0.15, 0.2) is 0 Å². The Bertz CT molecular complexity index is 284. The number of piperidine rings is 1. The Morgan fingerprint density at radius 3 is 2.12 bits per heavy atom. The average Bonchev–Trinajstić information content (AvgIpc) is 2.64. The molecule has 0 aromatic rings. The molecule has 100 valence electrons. The molecule has 17 heavy (non-hydrogen) atoms. The van der Waals surface area contributed by atoms with Crippen LogP contribution in [-0.2, 0) is 0 Å². The van der Waals surface area contributed by atoms with E-state index in [0.717, 1.165) is 23.8 Å². The van der Waals surface area contributed by atoms with Crippen molar-refractivity contribution in [2.24, 2.45) is 23.2 Å². The van der Waals surface area contributed by atoms with Gasteiger partial charge in [-0.1, -0.05) is 20.8 Å². The van der Waals surface area contributed by atoms with Crippen LogP contribution in [0.1, 0.15) is 41.5 Å². The highest BCUT2D eigenvalue weighted by Crippen LogP contribution is 2.60. The zero-order valence-electron chi connectivity index (χ0n) is 12.7. The van der Waals surface area contributed by atoms with Crippen molar-refractivity contribution < 1.29 is 0 Å². The summed E-state index contributed by atoms with van der Waals surface area (Å²) in [6, 6.07) is 0.755. The molecule has 4 atom stereocenters. The summed E-state index contributed by atoms with van der Waals surface area (Å²) in [7, 11) is 2.08. The van der Waals surface area contributed by atoms with Gasteiger partial charge in [0.1, 0.15) is 0 Å². The molecule has 2 aliphatic rings. The number of hydrogen-bond donors (Lipinski definition) is 1. The Balaban J connectivity index is 2.15. The van der Waals surface area contributed by atoms with Gasteiger partial charge in [-0.15, -0.1) is 0 Å². The molecule has 1 heterocycles. The van der Waals surface area contributed by atoms with Gasteiger partial charge in [0.05, 0.1) is 0 Å². The molecular formula is C15H30N2. The molecule has 2 nitrogen and oxygen atoms in total. The molecule has 1 saturated heterocycles. The third kappa shape index (κ3) is 2.26. The van der Waals surface area contributed by atoms with Gasteiger partial charge in [-0.2, -0.15) is 0 Å². The number of hydrogen-bond acceptors (Lipinski definition) is 2. The summed E-state index contributed by atoms with van der Waals surface area (Å²) >= 11 is 0. The van der Waals surface area contributed by atoms with Crippen LogP contribution in [0, 0.1) is 23.2 Å². The van der Waals surface area contributed by atoms with E-state index in [4.69, 9.17) is 0 Å². The molecule has 1 saturated carbocycles. The fourth-order valence-corrected chi connectivity index (χ4v) is 4.01. The number of fused-ring (bicyclic) bond motifs is 1. The van der Waals surface area contributed by atoms with Crippen LogP contribution in [0.2, 0.25) is 0 Å². The maximum Gasteiger partial charge on any atom is 0.0184 e. The van der Waals surface area contributed by atoms with E-state index in [1.807, 2.05) is 0 Å². The minimum atomic E-state index is 0.315. The second-order valence-corrected chi connectivity index (χ2v) is 8.10. The van der Waals surface area contributed by atoms with E-state index < -0.39 is 0 Å². The van der Waals surface area contributed by atoms with Gasteiger partial charge < -0.3 is 5.32 Å². The first-order valence-corrected chi connectivity index (χ1v) is 7.09. The molecule has 1 aliphatic heterocycles. The van der Waals surface area contributed by atoms with Crippen LogP contribution >= 0.6 is 0 Å². The topological polar surface area (TPSA) is 15.3 Å². The van der Waals surface area contributed by atoms with Gasteiger partial charge >= 0.3 is 0 Å². The molecule has 0 aromatic carbocycles. The standard InChI is InChI=1S/C15H30N2/c1-14(2,3)13-12-10(8-16-7)11(12)9-17(13)15(4,5)6/h10-13,16H,8-9H2,1-7H3/t10-,11-,12+,13-/m0/s1. The third-order valence-electron chi connectivity index (χ3n) is 4.69. The number of rotatable bonds is 2. The van der Waals surface area contributed by atoms with Gasteiger partial charge in [0, 0.05) is 18.1 Å². The fraction of sp³-hybridized carbons (Fsp3) is 1.00. The van der Waals surface area contributed by atoms with Crippen LogP contribution in [0.4, 0.5) is 0 Å². The van der Waals surface area contributed by atoms with Gasteiger partial charge in [0.2, 0.25) is 0 Å². The average molecular weight is 238 g/mol. The van der Waals surface area contributed by atoms with Crippen molar-refractivity contribution in [1.29, 1.82) is 0 Å². The molecule has 1 N–H and O–H groups in total. The lowest BCUT2D eigenvalue weighted by Gasteiger charge is -2.45. The first-order valence-electron chi connectivity index (χ1n) is 7.09. The Labute approximate surface area is 107 Å². The number of nitrogens with one attached hydrogen (secondary N) is 1. The Hall–Kier alpha value is -0.0800. The molecule has 0 unspecified atom stereocenters. The third-order valence-corrected chi connectivity index (χ3v) is 4.69. The summed E-state index contributed by atoms with van der Waals surface area (Å²) in [6.45, 7) is 16.8. The Kier molecular flexibility index (Phi) is 3.11. The molecule has 0 spiro atoms. The lowest BCUT2D eigenvalue weighted by Crippen LogP contribution is -2.52. The fourth-order valence-electron chi connectivity index (χ4n) is 4.01. The SMILES string of the molecule is CNC[C@H]1[C@@H]2CN(C(C)(C)C)[C@H](C(C)(C)C)[C@H]12. The lowest BCUT2D eigenvalue weighted by molar-refractivity contribution is 0.0300. The molecule has 2 heteroatoms. The van der Waals surface area contributed by atoms with E-state index in [9.17, 15) is 0 Å². The maximum absolute atomic E-state index is 3.37. The van der Waals surface area contributed by atoms with E-state index >= 15 is 0 Å². The van der Waals surface area contributed by atoms with Crippen LogP contribution in [0.15, 0.2) is 0 Å². The highest BCUT2D eigenvalue weighted by molar-refractivity contribution is 5.15. The van der Waals surface area contributed by atoms with E-state index in [-0.39, 0.29) is 0 Å². The van der Waals surface area contributed by atoms with E-state index in [1.165, 1.54) is 13.1 Å². The largest absolute Gasteiger partial charge is 0.319 e. The highest BCUT2D eigenvalue weighted by Gasteiger charge is 2.64. The predicted molar refractivity (Wildman–Crippen MR) is 74.1 cm³/mol. The number of nitrogens with zero attached hydrogens (tertiary/aromatic N) is 1. The van der Waals surface area contributed by atoms with Crippen LogP contribution in [-0.4, -0.2) is 36.6 Å². The molecule has 0 radical (unpaired) electrons. The first kappa shape index (κ1) is 13.4. The predicted octanol–water partition coefficient (Wildman–Crippen LogP) is 2.60. The second kappa shape index (κ2) is 3.96. The molecule has 1 aliphatic carbocycles. The normalized spacial score (nSPS) is 38.3. The summed E-state index contributed by atoms with van der Waals surface area (Å²) in [4.78, 5) is 2.76. The van der Waals surface area contributed by atoms with Gasteiger partial charge in [-0.3, -0.25) is 4.90 Å². The van der Waals surface area contributed by atoms with Crippen molar-refractivity contribution in [3.8, 4) is 0 Å². The Morgan fingerprint density at radius 1 is 1.12 bits per heavy atom. The van der Waals surface area contributed by atoms with Crippen molar-refractivity contribution in [2.45, 2.75) is 53.1 Å². The minimum absolute atomic E-state index is 0.315. The Morgan fingerprint density at radius 2 is 1.71 bits per heavy atom. The summed E-state index contributed by atoms with van der Waals surface area (Å²) in [5.74, 6) is 2.82. The van der Waals surface area contributed by atoms with Crippen molar-refractivity contribution in [3.63, 3.8) is 0 Å². The summed E-state index contributed by atoms with van der Waals surface area (Å²) < 4.78 is 0. The molecule has 2 rings (SSSR count). The van der Waals surface area contributed by atoms with Crippen LogP contribution in [0.25, 0.3) is 0 Å². The van der Waals surface area contributed by atoms with E-state index in [1.54, 1.807) is 0 Å². The van der Waals surface area contributed by atoms with Crippen molar-refractivity contribution >= 4 is 0 Å². The summed E-state index contributed by atoms with van der Waals surface area (Å²) in [5, 5.41) is 3.37. The monoisotopic (exact) mass is 238 g/mol. The quantitative estimate of drug-likeness (QED) is 0.795. The highest BCUT2D eigenvalue weighted by atomic mass is 15.3. The molecule has 2 fully saturated rings. The van der Waals surface area contributed by atoms with Gasteiger partial charge in [-0.25, -0.2) is 0 Å². The number of likely N-dealkylation sites (tertiary alicyclic amines) is 1. The van der Waals surface area contributed by atoms with Gasteiger partial charge in [0.25, 0.3) is 0 Å². The van der Waals surface area contributed by atoms with Crippen molar-refractivity contribution in [2.75, 3.05) is 20.1 Å². The van der Waals surface area contributed by atoms with Crippen LogP contribution in [0.5, 0.6) is 0 Å². The molecule has 0 bridgehead atoms. The smallest absolute Gasteiger partial charge is 0.0184 e. The van der Waals surface area contributed by atoms with E-state index in [2.05, 4.69) is 58.8 Å². The van der Waals surface area contributed by atoms with Gasteiger partial charge in [-0.05, 0) is 57.5 Å². The van der Waals surface area contributed by atoms with Crippen molar-refractivity contribution in [1.82, 2.24) is 10.2 Å². The van der Waals surface area contributed by atoms with Crippen LogP contribution in [0.3, 0.4) is 0 Å². The first-order chi connectivity index (χ1) is 7.68.